The molecule has 0 spiro atoms. The Morgan fingerprint density at radius 3 is 2.69 bits per heavy atom. The molecule has 4 aromatic rings. The summed E-state index contributed by atoms with van der Waals surface area (Å²) < 4.78 is 7.25. The lowest BCUT2D eigenvalue weighted by Crippen LogP contribution is -2.24. The molecule has 2 aromatic carbocycles. The van der Waals surface area contributed by atoms with Crippen molar-refractivity contribution in [2.75, 3.05) is 12.9 Å². The molecule has 0 aliphatic heterocycles. The van der Waals surface area contributed by atoms with Crippen molar-refractivity contribution < 1.29 is 9.53 Å². The molecular weight excluding hydrogens is 386 g/mol. The summed E-state index contributed by atoms with van der Waals surface area (Å²) in [6, 6.07) is 15.7. The number of fused-ring (bicyclic) bond motifs is 3. The number of carbonyl (C=O) groups is 1. The van der Waals surface area contributed by atoms with Gasteiger partial charge in [0.1, 0.15) is 11.3 Å². The molecule has 0 saturated heterocycles. The highest BCUT2D eigenvalue weighted by atomic mass is 32.2. The number of para-hydroxylation sites is 1. The number of nitrogens with one attached hydrogen (secondary N) is 1. The summed E-state index contributed by atoms with van der Waals surface area (Å²) in [4.78, 5) is 16.9. The summed E-state index contributed by atoms with van der Waals surface area (Å²) in [5.74, 6) is 0.945. The third kappa shape index (κ3) is 4.02. The van der Waals surface area contributed by atoms with Gasteiger partial charge in [-0.1, -0.05) is 42.1 Å². The van der Waals surface area contributed by atoms with Crippen LogP contribution in [0.4, 0.5) is 0 Å². The second-order valence-electron chi connectivity index (χ2n) is 6.44. The zero-order valence-electron chi connectivity index (χ0n) is 16.3. The SMILES string of the molecule is CCn1c2ccccc2c2nnc(SCC(=O)NCc3ccc(OC)cc3)nc21. The van der Waals surface area contributed by atoms with Crippen molar-refractivity contribution in [3.05, 3.63) is 54.1 Å². The van der Waals surface area contributed by atoms with Gasteiger partial charge in [0.15, 0.2) is 5.65 Å². The standard InChI is InChI=1S/C21H21N5O2S/c1-3-26-17-7-5-4-6-16(17)19-20(26)23-21(25-24-19)29-13-18(27)22-12-14-8-10-15(28-2)11-9-14/h4-11H,3,12-13H2,1-2H3,(H,22,27). The largest absolute Gasteiger partial charge is 0.497 e. The van der Waals surface area contributed by atoms with Gasteiger partial charge in [-0.3, -0.25) is 4.79 Å². The summed E-state index contributed by atoms with van der Waals surface area (Å²) in [7, 11) is 1.63. The first-order valence-corrected chi connectivity index (χ1v) is 10.3. The van der Waals surface area contributed by atoms with Crippen molar-refractivity contribution in [2.45, 2.75) is 25.2 Å². The Kier molecular flexibility index (Phi) is 5.62. The van der Waals surface area contributed by atoms with Gasteiger partial charge in [-0.25, -0.2) is 4.98 Å². The van der Waals surface area contributed by atoms with E-state index < -0.39 is 0 Å². The van der Waals surface area contributed by atoms with E-state index >= 15 is 0 Å². The number of ether oxygens (including phenoxy) is 1. The molecule has 2 heterocycles. The van der Waals surface area contributed by atoms with E-state index in [1.54, 1.807) is 7.11 Å². The average Bonchev–Trinajstić information content (AvgIpc) is 3.09. The zero-order chi connectivity index (χ0) is 20.2. The average molecular weight is 407 g/mol. The molecule has 7 nitrogen and oxygen atoms in total. The second kappa shape index (κ2) is 8.48. The molecule has 0 saturated carbocycles. The number of carbonyl (C=O) groups excluding carboxylic acids is 1. The predicted octanol–water partition coefficient (Wildman–Crippen LogP) is 3.42. The van der Waals surface area contributed by atoms with E-state index in [1.165, 1.54) is 11.8 Å². The fourth-order valence-electron chi connectivity index (χ4n) is 3.20. The van der Waals surface area contributed by atoms with Gasteiger partial charge in [-0.05, 0) is 30.7 Å². The van der Waals surface area contributed by atoms with Crippen LogP contribution >= 0.6 is 11.8 Å². The Hall–Kier alpha value is -3.13. The normalized spacial score (nSPS) is 11.1. The molecule has 1 N–H and O–H groups in total. The van der Waals surface area contributed by atoms with Crippen LogP contribution in [0.25, 0.3) is 22.1 Å². The maximum atomic E-state index is 12.2. The highest BCUT2D eigenvalue weighted by Crippen LogP contribution is 2.26. The van der Waals surface area contributed by atoms with E-state index in [1.807, 2.05) is 42.5 Å². The maximum absolute atomic E-state index is 12.2. The molecule has 0 fully saturated rings. The summed E-state index contributed by atoms with van der Waals surface area (Å²) in [6.07, 6.45) is 0. The highest BCUT2D eigenvalue weighted by Gasteiger charge is 2.14. The van der Waals surface area contributed by atoms with Crippen LogP contribution in [-0.2, 0) is 17.9 Å². The van der Waals surface area contributed by atoms with Gasteiger partial charge in [-0.15, -0.1) is 10.2 Å². The predicted molar refractivity (Wildman–Crippen MR) is 114 cm³/mol. The van der Waals surface area contributed by atoms with Gasteiger partial charge in [0.05, 0.1) is 18.4 Å². The minimum atomic E-state index is -0.0782. The lowest BCUT2D eigenvalue weighted by molar-refractivity contribution is -0.118. The number of nitrogens with zero attached hydrogens (tertiary/aromatic N) is 4. The Balaban J connectivity index is 1.42. The number of benzene rings is 2. The number of hydrogen-bond acceptors (Lipinski definition) is 6. The van der Waals surface area contributed by atoms with Crippen molar-refractivity contribution in [2.24, 2.45) is 0 Å². The Labute approximate surface area is 172 Å². The molecular formula is C21H21N5O2S. The molecule has 148 valence electrons. The van der Waals surface area contributed by atoms with Crippen LogP contribution in [0.3, 0.4) is 0 Å². The maximum Gasteiger partial charge on any atom is 0.230 e. The van der Waals surface area contributed by atoms with Gasteiger partial charge in [0, 0.05) is 18.5 Å². The fourth-order valence-corrected chi connectivity index (χ4v) is 3.81. The quantitative estimate of drug-likeness (QED) is 0.473. The van der Waals surface area contributed by atoms with Crippen LogP contribution in [0.5, 0.6) is 5.75 Å². The second-order valence-corrected chi connectivity index (χ2v) is 7.38. The van der Waals surface area contributed by atoms with E-state index in [0.717, 1.165) is 39.9 Å². The fraction of sp³-hybridized carbons (Fsp3) is 0.238. The van der Waals surface area contributed by atoms with E-state index in [2.05, 4.69) is 38.1 Å². The third-order valence-corrected chi connectivity index (χ3v) is 5.49. The van der Waals surface area contributed by atoms with Crippen LogP contribution in [-0.4, -0.2) is 38.5 Å². The Morgan fingerprint density at radius 1 is 1.14 bits per heavy atom. The number of aromatic nitrogens is 4. The summed E-state index contributed by atoms with van der Waals surface area (Å²) in [5.41, 5.74) is 3.68. The van der Waals surface area contributed by atoms with E-state index in [9.17, 15) is 4.79 Å². The van der Waals surface area contributed by atoms with Crippen molar-refractivity contribution in [3.63, 3.8) is 0 Å². The van der Waals surface area contributed by atoms with Gasteiger partial charge < -0.3 is 14.6 Å². The number of methoxy groups -OCH3 is 1. The van der Waals surface area contributed by atoms with E-state index in [-0.39, 0.29) is 11.7 Å². The lowest BCUT2D eigenvalue weighted by atomic mass is 10.2. The topological polar surface area (TPSA) is 81.9 Å². The van der Waals surface area contributed by atoms with Gasteiger partial charge in [0.25, 0.3) is 0 Å². The lowest BCUT2D eigenvalue weighted by Gasteiger charge is -2.06. The number of aryl methyl sites for hydroxylation is 1. The van der Waals surface area contributed by atoms with Crippen molar-refractivity contribution >= 4 is 39.7 Å². The van der Waals surface area contributed by atoms with Gasteiger partial charge in [0.2, 0.25) is 11.1 Å². The summed E-state index contributed by atoms with van der Waals surface area (Å²) in [5, 5.41) is 13.0. The molecule has 8 heteroatoms. The Morgan fingerprint density at radius 2 is 1.93 bits per heavy atom. The first kappa shape index (κ1) is 19.2. The van der Waals surface area contributed by atoms with Crippen LogP contribution in [0, 0.1) is 0 Å². The molecule has 0 aliphatic carbocycles. The van der Waals surface area contributed by atoms with Crippen molar-refractivity contribution in [1.29, 1.82) is 0 Å². The molecule has 1 amide bonds. The molecule has 0 radical (unpaired) electrons. The molecule has 0 bridgehead atoms. The first-order valence-electron chi connectivity index (χ1n) is 9.33. The van der Waals surface area contributed by atoms with Crippen LogP contribution in [0.2, 0.25) is 0 Å². The number of thioether (sulfide) groups is 1. The zero-order valence-corrected chi connectivity index (χ0v) is 17.1. The van der Waals surface area contributed by atoms with Crippen LogP contribution in [0.1, 0.15) is 12.5 Å². The smallest absolute Gasteiger partial charge is 0.230 e. The minimum Gasteiger partial charge on any atom is -0.497 e. The Bertz CT molecular complexity index is 1160. The molecule has 0 unspecified atom stereocenters. The third-order valence-electron chi connectivity index (χ3n) is 4.65. The molecule has 4 rings (SSSR count). The monoisotopic (exact) mass is 407 g/mol. The van der Waals surface area contributed by atoms with Crippen molar-refractivity contribution in [3.8, 4) is 5.75 Å². The molecule has 2 aromatic heterocycles. The first-order chi connectivity index (χ1) is 14.2. The number of hydrogen-bond donors (Lipinski definition) is 1. The van der Waals surface area contributed by atoms with E-state index in [0.29, 0.717) is 11.7 Å². The minimum absolute atomic E-state index is 0.0782. The molecule has 0 aliphatic rings. The number of amides is 1. The van der Waals surface area contributed by atoms with Crippen molar-refractivity contribution in [1.82, 2.24) is 25.1 Å². The van der Waals surface area contributed by atoms with Gasteiger partial charge >= 0.3 is 0 Å². The summed E-state index contributed by atoms with van der Waals surface area (Å²) >= 11 is 1.28. The van der Waals surface area contributed by atoms with E-state index in [4.69, 9.17) is 4.74 Å². The summed E-state index contributed by atoms with van der Waals surface area (Å²) in [6.45, 7) is 3.33. The van der Waals surface area contributed by atoms with Gasteiger partial charge in [-0.2, -0.15) is 0 Å². The van der Waals surface area contributed by atoms with Crippen LogP contribution in [0.15, 0.2) is 53.7 Å². The molecule has 0 atom stereocenters. The number of rotatable bonds is 7. The molecule has 29 heavy (non-hydrogen) atoms. The van der Waals surface area contributed by atoms with Crippen LogP contribution < -0.4 is 10.1 Å². The highest BCUT2D eigenvalue weighted by molar-refractivity contribution is 7.99.